The molecule has 4 nitrogen and oxygen atoms in total. The summed E-state index contributed by atoms with van der Waals surface area (Å²) in [6.07, 6.45) is 3.73. The fourth-order valence-corrected chi connectivity index (χ4v) is 3.24. The normalized spacial score (nSPS) is 11.0. The minimum atomic E-state index is -0.932. The molecule has 118 valence electrons. The molecule has 0 spiro atoms. The highest BCUT2D eigenvalue weighted by molar-refractivity contribution is 6.09. The number of carboxylic acids is 1. The zero-order chi connectivity index (χ0) is 16.7. The third-order valence-electron chi connectivity index (χ3n) is 4.29. The first kappa shape index (κ1) is 14.3. The topological polar surface area (TPSA) is 50.9 Å². The summed E-state index contributed by atoms with van der Waals surface area (Å²) in [5.41, 5.74) is 2.57. The first-order valence-corrected chi connectivity index (χ1v) is 7.60. The van der Waals surface area contributed by atoms with Crippen LogP contribution in [-0.2, 0) is 0 Å². The first-order chi connectivity index (χ1) is 11.7. The van der Waals surface area contributed by atoms with Gasteiger partial charge in [-0.1, -0.05) is 30.3 Å². The molecule has 0 unspecified atom stereocenters. The second-order valence-corrected chi connectivity index (χ2v) is 5.58. The Bertz CT molecular complexity index is 1080. The molecule has 4 rings (SSSR count). The molecule has 0 atom stereocenters. The maximum atomic E-state index is 11.9. The molecule has 2 aromatic carbocycles. The number of hydrogen-bond acceptors (Lipinski definition) is 2. The molecular weight excluding hydrogens is 302 g/mol. The highest BCUT2D eigenvalue weighted by Crippen LogP contribution is 2.37. The Hall–Kier alpha value is -3.27. The Morgan fingerprint density at radius 1 is 0.958 bits per heavy atom. The van der Waals surface area contributed by atoms with E-state index in [0.29, 0.717) is 16.6 Å². The highest BCUT2D eigenvalue weighted by Gasteiger charge is 2.20. The predicted octanol–water partition coefficient (Wildman–Crippen LogP) is 4.47. The zero-order valence-corrected chi connectivity index (χ0v) is 13.1. The summed E-state index contributed by atoms with van der Waals surface area (Å²) in [4.78, 5) is 11.9. The number of rotatable bonds is 3. The van der Waals surface area contributed by atoms with Crippen LogP contribution in [0.4, 0.5) is 0 Å². The van der Waals surface area contributed by atoms with Gasteiger partial charge in [-0.25, -0.2) is 4.79 Å². The van der Waals surface area contributed by atoms with Crippen molar-refractivity contribution in [2.75, 3.05) is 7.11 Å². The first-order valence-electron chi connectivity index (χ1n) is 7.60. The van der Waals surface area contributed by atoms with Gasteiger partial charge in [0.25, 0.3) is 0 Å². The molecule has 2 heterocycles. The molecule has 24 heavy (non-hydrogen) atoms. The Labute approximate surface area is 138 Å². The van der Waals surface area contributed by atoms with Gasteiger partial charge in [0.2, 0.25) is 0 Å². The van der Waals surface area contributed by atoms with Crippen LogP contribution < -0.4 is 4.74 Å². The molecule has 0 radical (unpaired) electrons. The van der Waals surface area contributed by atoms with Crippen molar-refractivity contribution >= 4 is 22.3 Å². The van der Waals surface area contributed by atoms with Crippen LogP contribution in [0.25, 0.3) is 27.4 Å². The van der Waals surface area contributed by atoms with Crippen LogP contribution in [0.5, 0.6) is 5.75 Å². The average molecular weight is 317 g/mol. The highest BCUT2D eigenvalue weighted by atomic mass is 16.5. The zero-order valence-electron chi connectivity index (χ0n) is 13.1. The minimum absolute atomic E-state index is 0.311. The Morgan fingerprint density at radius 3 is 2.46 bits per heavy atom. The number of pyridine rings is 1. The van der Waals surface area contributed by atoms with Crippen molar-refractivity contribution in [1.82, 2.24) is 4.40 Å². The van der Waals surface area contributed by atoms with Gasteiger partial charge >= 0.3 is 5.97 Å². The SMILES string of the molecule is COc1ccc(-c2cn3ccccc3c2C(=O)O)c2ccccc12. The minimum Gasteiger partial charge on any atom is -0.496 e. The fourth-order valence-electron chi connectivity index (χ4n) is 3.24. The fraction of sp³-hybridized carbons (Fsp3) is 0.0500. The number of ether oxygens (including phenoxy) is 1. The second-order valence-electron chi connectivity index (χ2n) is 5.58. The van der Waals surface area contributed by atoms with Crippen LogP contribution in [0.3, 0.4) is 0 Å². The molecule has 0 aliphatic heterocycles. The van der Waals surface area contributed by atoms with Crippen LogP contribution in [0.15, 0.2) is 67.0 Å². The maximum absolute atomic E-state index is 11.9. The van der Waals surface area contributed by atoms with Gasteiger partial charge in [0.1, 0.15) is 5.75 Å². The summed E-state index contributed by atoms with van der Waals surface area (Å²) in [6.45, 7) is 0. The lowest BCUT2D eigenvalue weighted by Gasteiger charge is -2.10. The average Bonchev–Trinajstić information content (AvgIpc) is 3.00. The Balaban J connectivity index is 2.11. The van der Waals surface area contributed by atoms with Gasteiger partial charge in [0.05, 0.1) is 18.2 Å². The van der Waals surface area contributed by atoms with E-state index in [1.54, 1.807) is 7.11 Å². The molecule has 0 aliphatic carbocycles. The smallest absolute Gasteiger partial charge is 0.338 e. The maximum Gasteiger partial charge on any atom is 0.338 e. The Morgan fingerprint density at radius 2 is 1.71 bits per heavy atom. The lowest BCUT2D eigenvalue weighted by molar-refractivity contribution is 0.0700. The van der Waals surface area contributed by atoms with E-state index >= 15 is 0 Å². The summed E-state index contributed by atoms with van der Waals surface area (Å²) in [7, 11) is 1.64. The van der Waals surface area contributed by atoms with Crippen LogP contribution in [-0.4, -0.2) is 22.6 Å². The number of benzene rings is 2. The van der Waals surface area contributed by atoms with E-state index in [4.69, 9.17) is 4.74 Å². The third kappa shape index (κ3) is 2.04. The number of methoxy groups -OCH3 is 1. The molecular formula is C20H15NO3. The van der Waals surface area contributed by atoms with Gasteiger partial charge < -0.3 is 14.2 Å². The largest absolute Gasteiger partial charge is 0.496 e. The van der Waals surface area contributed by atoms with Crippen molar-refractivity contribution in [3.8, 4) is 16.9 Å². The summed E-state index contributed by atoms with van der Waals surface area (Å²) in [6, 6.07) is 17.2. The number of carboxylic acid groups (broad SMARTS) is 1. The monoisotopic (exact) mass is 317 g/mol. The lowest BCUT2D eigenvalue weighted by atomic mass is 9.96. The van der Waals surface area contributed by atoms with Gasteiger partial charge in [-0.15, -0.1) is 0 Å². The molecule has 0 amide bonds. The van der Waals surface area contributed by atoms with Crippen molar-refractivity contribution in [1.29, 1.82) is 0 Å². The van der Waals surface area contributed by atoms with Gasteiger partial charge in [0, 0.05) is 23.3 Å². The standard InChI is InChI=1S/C20H15NO3/c1-24-18-10-9-14(13-6-2-3-7-15(13)18)16-12-21-11-5-4-8-17(21)19(16)20(22)23/h2-12H,1H3,(H,22,23). The summed E-state index contributed by atoms with van der Waals surface area (Å²) in [5, 5.41) is 11.7. The van der Waals surface area contributed by atoms with Crippen molar-refractivity contribution in [3.63, 3.8) is 0 Å². The quantitative estimate of drug-likeness (QED) is 0.606. The second kappa shape index (κ2) is 5.42. The number of carbonyl (C=O) groups is 1. The van der Waals surface area contributed by atoms with Crippen molar-refractivity contribution < 1.29 is 14.6 Å². The summed E-state index contributed by atoms with van der Waals surface area (Å²) in [5.74, 6) is -0.159. The number of aromatic nitrogens is 1. The molecule has 2 aromatic heterocycles. The molecule has 1 N–H and O–H groups in total. The molecule has 0 saturated heterocycles. The van der Waals surface area contributed by atoms with E-state index in [1.807, 2.05) is 71.4 Å². The third-order valence-corrected chi connectivity index (χ3v) is 4.29. The van der Waals surface area contributed by atoms with Crippen molar-refractivity contribution in [2.24, 2.45) is 0 Å². The molecule has 4 heteroatoms. The van der Waals surface area contributed by atoms with E-state index in [1.165, 1.54) is 0 Å². The van der Waals surface area contributed by atoms with Gasteiger partial charge in [-0.3, -0.25) is 0 Å². The van der Waals surface area contributed by atoms with Crippen LogP contribution in [0, 0.1) is 0 Å². The summed E-state index contributed by atoms with van der Waals surface area (Å²) < 4.78 is 7.28. The van der Waals surface area contributed by atoms with E-state index in [-0.39, 0.29) is 0 Å². The van der Waals surface area contributed by atoms with E-state index < -0.39 is 5.97 Å². The Kier molecular flexibility index (Phi) is 3.24. The van der Waals surface area contributed by atoms with E-state index in [2.05, 4.69) is 0 Å². The number of hydrogen-bond donors (Lipinski definition) is 1. The van der Waals surface area contributed by atoms with E-state index in [0.717, 1.165) is 22.1 Å². The number of fused-ring (bicyclic) bond motifs is 2. The molecule has 0 saturated carbocycles. The summed E-state index contributed by atoms with van der Waals surface area (Å²) >= 11 is 0. The van der Waals surface area contributed by atoms with Gasteiger partial charge in [-0.2, -0.15) is 0 Å². The van der Waals surface area contributed by atoms with Crippen molar-refractivity contribution in [2.45, 2.75) is 0 Å². The number of aromatic carboxylic acids is 1. The van der Waals surface area contributed by atoms with Crippen LogP contribution >= 0.6 is 0 Å². The lowest BCUT2D eigenvalue weighted by Crippen LogP contribution is -1.98. The molecule has 0 aliphatic rings. The van der Waals surface area contributed by atoms with Crippen LogP contribution in [0.2, 0.25) is 0 Å². The molecule has 0 fully saturated rings. The molecule has 4 aromatic rings. The van der Waals surface area contributed by atoms with E-state index in [9.17, 15) is 9.90 Å². The number of nitrogens with zero attached hydrogens (tertiary/aromatic N) is 1. The van der Waals surface area contributed by atoms with Gasteiger partial charge in [0.15, 0.2) is 0 Å². The van der Waals surface area contributed by atoms with Crippen LogP contribution in [0.1, 0.15) is 10.4 Å². The molecule has 0 bridgehead atoms. The van der Waals surface area contributed by atoms with Crippen molar-refractivity contribution in [3.05, 3.63) is 72.6 Å². The predicted molar refractivity (Wildman–Crippen MR) is 93.9 cm³/mol. The van der Waals surface area contributed by atoms with Gasteiger partial charge in [-0.05, 0) is 35.2 Å².